The van der Waals surface area contributed by atoms with Gasteiger partial charge in [-0.25, -0.2) is 13.9 Å². The zero-order valence-corrected chi connectivity index (χ0v) is 31.7. The number of halogens is 2. The first kappa shape index (κ1) is 36.2. The molecule has 3 aliphatic heterocycles. The van der Waals surface area contributed by atoms with Crippen LogP contribution in [0.25, 0.3) is 11.0 Å². The molecule has 5 aliphatic rings. The summed E-state index contributed by atoms with van der Waals surface area (Å²) in [6.45, 7) is 6.51. The fraction of sp³-hybridized carbons (Fsp3) is 0.541. The Balaban J connectivity index is 1.04. The molecular weight excluding hydrogens is 729 g/mol. The van der Waals surface area contributed by atoms with E-state index in [4.69, 9.17) is 25.5 Å². The lowest BCUT2D eigenvalue weighted by Gasteiger charge is -2.41. The Hall–Kier alpha value is -3.76. The van der Waals surface area contributed by atoms with E-state index in [2.05, 4.69) is 21.6 Å². The van der Waals surface area contributed by atoms with Gasteiger partial charge >= 0.3 is 15.8 Å². The molecule has 2 bridgehead atoms. The molecule has 53 heavy (non-hydrogen) atoms. The van der Waals surface area contributed by atoms with Gasteiger partial charge in [0, 0.05) is 62.0 Å². The minimum absolute atomic E-state index is 0.0319. The standard InChI is InChI=1S/C37H43ClFN5O8S/c1-5-51-30-13-24(28(39)12-25(30)34(45)40-53(48,49)44-21-6-8-37(15-21)16-31(37)44)35(46)43-9-7-23-26(18-43)36(47)52-33-20(2)29(14-27(38)32(23)33)42-11-10-41(3)22(17-42)19-50-4/h12-14,21-22,31H,5-11,15-19H2,1-4H3,(H,40,45)/t21?,22-,31?,37?/m1/s1. The van der Waals surface area contributed by atoms with E-state index in [1.54, 1.807) is 14.0 Å². The molecule has 1 spiro atoms. The van der Waals surface area contributed by atoms with Gasteiger partial charge in [-0.05, 0) is 82.2 Å². The van der Waals surface area contributed by atoms with Crippen molar-refractivity contribution in [3.8, 4) is 5.75 Å². The number of ether oxygens (including phenoxy) is 2. The third-order valence-corrected chi connectivity index (χ3v) is 13.9. The third kappa shape index (κ3) is 5.99. The number of piperazine rings is 1. The van der Waals surface area contributed by atoms with E-state index >= 15 is 4.39 Å². The number of likely N-dealkylation sites (N-methyl/N-ethyl adjacent to an activating group) is 1. The summed E-state index contributed by atoms with van der Waals surface area (Å²) in [6.07, 6.45) is 3.59. The van der Waals surface area contributed by atoms with Crippen LogP contribution in [-0.4, -0.2) is 106 Å². The monoisotopic (exact) mass is 771 g/mol. The number of carbonyl (C=O) groups excluding carboxylic acids is 2. The van der Waals surface area contributed by atoms with E-state index in [1.165, 1.54) is 9.21 Å². The number of amides is 2. The summed E-state index contributed by atoms with van der Waals surface area (Å²) in [5.74, 6) is -2.93. The van der Waals surface area contributed by atoms with Gasteiger partial charge in [-0.3, -0.25) is 14.5 Å². The van der Waals surface area contributed by atoms with E-state index in [0.29, 0.717) is 34.7 Å². The molecule has 284 valence electrons. The Morgan fingerprint density at radius 3 is 2.64 bits per heavy atom. The number of anilines is 1. The topological polar surface area (TPSA) is 142 Å². The third-order valence-electron chi connectivity index (χ3n) is 12.1. The van der Waals surface area contributed by atoms with Gasteiger partial charge in [-0.15, -0.1) is 0 Å². The molecule has 3 unspecified atom stereocenters. The Morgan fingerprint density at radius 2 is 1.92 bits per heavy atom. The number of hydrogen-bond acceptors (Lipinski definition) is 10. The Morgan fingerprint density at radius 1 is 1.13 bits per heavy atom. The molecule has 16 heteroatoms. The lowest BCUT2D eigenvalue weighted by Crippen LogP contribution is -2.53. The predicted octanol–water partition coefficient (Wildman–Crippen LogP) is 3.86. The molecule has 3 aromatic rings. The van der Waals surface area contributed by atoms with Crippen molar-refractivity contribution in [1.82, 2.24) is 18.8 Å². The van der Waals surface area contributed by atoms with E-state index in [9.17, 15) is 22.8 Å². The van der Waals surface area contributed by atoms with Crippen molar-refractivity contribution < 1.29 is 36.3 Å². The van der Waals surface area contributed by atoms with Crippen LogP contribution in [0.4, 0.5) is 10.1 Å². The normalized spacial score (nSPS) is 25.4. The summed E-state index contributed by atoms with van der Waals surface area (Å²) in [6, 6.07) is 3.77. The maximum Gasteiger partial charge on any atom is 0.341 e. The van der Waals surface area contributed by atoms with Gasteiger partial charge in [0.15, 0.2) is 0 Å². The highest BCUT2D eigenvalue weighted by Crippen LogP contribution is 2.68. The van der Waals surface area contributed by atoms with Crippen molar-refractivity contribution >= 4 is 50.3 Å². The van der Waals surface area contributed by atoms with Gasteiger partial charge < -0.3 is 23.7 Å². The number of nitrogens with one attached hydrogen (secondary N) is 1. The largest absolute Gasteiger partial charge is 0.493 e. The van der Waals surface area contributed by atoms with E-state index in [-0.39, 0.29) is 72.1 Å². The first-order chi connectivity index (χ1) is 25.3. The van der Waals surface area contributed by atoms with E-state index in [0.717, 1.165) is 62.2 Å². The van der Waals surface area contributed by atoms with Crippen LogP contribution in [-0.2, 0) is 27.9 Å². The van der Waals surface area contributed by atoms with Crippen LogP contribution in [0.2, 0.25) is 5.02 Å². The molecule has 2 amide bonds. The van der Waals surface area contributed by atoms with Crippen LogP contribution >= 0.6 is 11.6 Å². The van der Waals surface area contributed by atoms with Gasteiger partial charge in [-0.2, -0.15) is 12.7 Å². The second-order valence-corrected chi connectivity index (χ2v) is 17.1. The molecular formula is C37H43ClFN5O8S. The molecule has 4 heterocycles. The lowest BCUT2D eigenvalue weighted by atomic mass is 9.94. The zero-order chi connectivity index (χ0) is 37.6. The summed E-state index contributed by atoms with van der Waals surface area (Å²) in [5.41, 5.74) is 1.70. The highest BCUT2D eigenvalue weighted by molar-refractivity contribution is 7.87. The van der Waals surface area contributed by atoms with Crippen LogP contribution in [0, 0.1) is 18.2 Å². The fourth-order valence-corrected chi connectivity index (χ4v) is 11.2. The summed E-state index contributed by atoms with van der Waals surface area (Å²) < 4.78 is 62.9. The summed E-state index contributed by atoms with van der Waals surface area (Å²) >= 11 is 6.93. The zero-order valence-electron chi connectivity index (χ0n) is 30.2. The predicted molar refractivity (Wildman–Crippen MR) is 195 cm³/mol. The average Bonchev–Trinajstić information content (AvgIpc) is 3.55. The smallest absolute Gasteiger partial charge is 0.341 e. The van der Waals surface area contributed by atoms with Crippen molar-refractivity contribution in [3.05, 3.63) is 67.3 Å². The molecule has 2 saturated heterocycles. The number of rotatable bonds is 9. The Labute approximate surface area is 312 Å². The van der Waals surface area contributed by atoms with Gasteiger partial charge in [-0.1, -0.05) is 11.6 Å². The van der Waals surface area contributed by atoms with Crippen LogP contribution in [0.1, 0.15) is 70.0 Å². The van der Waals surface area contributed by atoms with Crippen LogP contribution in [0.5, 0.6) is 5.75 Å². The molecule has 13 nitrogen and oxygen atoms in total. The number of benzene rings is 2. The second-order valence-electron chi connectivity index (χ2n) is 15.1. The Bertz CT molecular complexity index is 2210. The van der Waals surface area contributed by atoms with Crippen molar-refractivity contribution in [3.63, 3.8) is 0 Å². The van der Waals surface area contributed by atoms with Gasteiger partial charge in [0.1, 0.15) is 17.1 Å². The SMILES string of the molecule is CCOc1cc(C(=O)N2CCc3c(c(=O)oc4c(C)c(N5CCN(C)[C@@H](COC)C5)cc(Cl)c34)C2)c(F)cc1C(=O)NS(=O)(=O)N1C2CCC3(C2)CC13. The first-order valence-corrected chi connectivity index (χ1v) is 19.9. The average molecular weight is 772 g/mol. The fourth-order valence-electron chi connectivity index (χ4n) is 9.24. The first-order valence-electron chi connectivity index (χ1n) is 18.1. The van der Waals surface area contributed by atoms with Crippen LogP contribution in [0.15, 0.2) is 27.4 Å². The number of carbonyl (C=O) groups is 2. The number of hydrogen-bond donors (Lipinski definition) is 1. The van der Waals surface area contributed by atoms with Crippen LogP contribution in [0.3, 0.4) is 0 Å². The van der Waals surface area contributed by atoms with E-state index in [1.807, 2.05) is 13.0 Å². The van der Waals surface area contributed by atoms with Gasteiger partial charge in [0.2, 0.25) is 0 Å². The van der Waals surface area contributed by atoms with Crippen LogP contribution < -0.4 is 20.0 Å². The van der Waals surface area contributed by atoms with Crippen molar-refractivity contribution in [2.24, 2.45) is 5.41 Å². The minimum atomic E-state index is -4.18. The molecule has 4 atom stereocenters. The molecule has 2 saturated carbocycles. The Kier molecular flexibility index (Phi) is 9.04. The number of fused-ring (bicyclic) bond motifs is 4. The molecule has 2 aliphatic carbocycles. The maximum absolute atomic E-state index is 15.8. The summed E-state index contributed by atoms with van der Waals surface area (Å²) in [5, 5.41) is 1.05. The van der Waals surface area contributed by atoms with Gasteiger partial charge in [0.25, 0.3) is 11.8 Å². The molecule has 4 fully saturated rings. The van der Waals surface area contributed by atoms with E-state index < -0.39 is 33.5 Å². The van der Waals surface area contributed by atoms with Gasteiger partial charge in [0.05, 0.1) is 47.5 Å². The number of methoxy groups -OCH3 is 1. The molecule has 1 aromatic heterocycles. The second kappa shape index (κ2) is 13.2. The van der Waals surface area contributed by atoms with Crippen molar-refractivity contribution in [2.75, 3.05) is 58.5 Å². The number of nitrogens with zero attached hydrogens (tertiary/aromatic N) is 4. The van der Waals surface area contributed by atoms with Crippen molar-refractivity contribution in [2.45, 2.75) is 70.6 Å². The highest BCUT2D eigenvalue weighted by atomic mass is 35.5. The quantitative estimate of drug-likeness (QED) is 0.319. The molecule has 1 N–H and O–H groups in total. The summed E-state index contributed by atoms with van der Waals surface area (Å²) in [4.78, 5) is 46.5. The lowest BCUT2D eigenvalue weighted by molar-refractivity contribution is 0.0726. The van der Waals surface area contributed by atoms with Crippen molar-refractivity contribution in [1.29, 1.82) is 0 Å². The number of piperidine rings is 2. The minimum Gasteiger partial charge on any atom is -0.493 e. The molecule has 2 aromatic carbocycles. The summed E-state index contributed by atoms with van der Waals surface area (Å²) in [7, 11) is -0.439. The highest BCUT2D eigenvalue weighted by Gasteiger charge is 2.70. The molecule has 0 radical (unpaired) electrons. The molecule has 8 rings (SSSR count). The number of aryl methyl sites for hydroxylation is 1. The maximum atomic E-state index is 15.8.